The second-order valence-electron chi connectivity index (χ2n) is 2.17. The molecular formula is C7H9N3O. The predicted molar refractivity (Wildman–Crippen MR) is 44.1 cm³/mol. The Labute approximate surface area is 63.7 Å². The van der Waals surface area contributed by atoms with Crippen molar-refractivity contribution in [3.63, 3.8) is 0 Å². The lowest BCUT2D eigenvalue weighted by atomic mass is 10.2. The monoisotopic (exact) mass is 151 g/mol. The average Bonchev–Trinajstić information content (AvgIpc) is 1.99. The van der Waals surface area contributed by atoms with E-state index in [2.05, 4.69) is 16.8 Å². The van der Waals surface area contributed by atoms with Gasteiger partial charge in [-0.25, -0.2) is 5.10 Å². The molecule has 0 aliphatic carbocycles. The number of hydrogen-bond acceptors (Lipinski definition) is 3. The number of aryl methyl sites for hydroxylation is 1. The summed E-state index contributed by atoms with van der Waals surface area (Å²) in [4.78, 5) is 10.9. The standard InChI is InChI=1S/C7H9N3O/c1-3-5-4(2)9-10-7(11)6(5)8/h3H,1H2,2H3,(H2,8,9)(H,10,11). The lowest BCUT2D eigenvalue weighted by molar-refractivity contribution is 0.946. The Kier molecular flexibility index (Phi) is 1.76. The summed E-state index contributed by atoms with van der Waals surface area (Å²) in [5, 5.41) is 5.99. The quantitative estimate of drug-likeness (QED) is 0.606. The Hall–Kier alpha value is -1.58. The third-order valence-electron chi connectivity index (χ3n) is 1.45. The van der Waals surface area contributed by atoms with E-state index >= 15 is 0 Å². The topological polar surface area (TPSA) is 71.8 Å². The van der Waals surface area contributed by atoms with Crippen LogP contribution in [-0.2, 0) is 0 Å². The molecule has 1 aromatic heterocycles. The molecule has 11 heavy (non-hydrogen) atoms. The zero-order valence-electron chi connectivity index (χ0n) is 6.22. The van der Waals surface area contributed by atoms with Crippen molar-refractivity contribution in [2.24, 2.45) is 0 Å². The summed E-state index contributed by atoms with van der Waals surface area (Å²) in [6.45, 7) is 5.27. The molecule has 0 unspecified atom stereocenters. The Balaban J connectivity index is 3.53. The zero-order chi connectivity index (χ0) is 8.43. The number of nitrogen functional groups attached to an aromatic ring is 1. The van der Waals surface area contributed by atoms with Crippen molar-refractivity contribution in [3.8, 4) is 0 Å². The molecular weight excluding hydrogens is 142 g/mol. The van der Waals surface area contributed by atoms with E-state index < -0.39 is 0 Å². The van der Waals surface area contributed by atoms with Gasteiger partial charge in [0.1, 0.15) is 5.69 Å². The lowest BCUT2D eigenvalue weighted by Crippen LogP contribution is -2.16. The molecule has 0 aromatic carbocycles. The van der Waals surface area contributed by atoms with Crippen LogP contribution >= 0.6 is 0 Å². The highest BCUT2D eigenvalue weighted by atomic mass is 16.1. The fraction of sp³-hybridized carbons (Fsp3) is 0.143. The number of nitrogens with two attached hydrogens (primary N) is 1. The first kappa shape index (κ1) is 7.53. The molecule has 0 aliphatic rings. The molecule has 0 atom stereocenters. The van der Waals surface area contributed by atoms with E-state index in [0.29, 0.717) is 11.3 Å². The molecule has 0 bridgehead atoms. The zero-order valence-corrected chi connectivity index (χ0v) is 6.22. The van der Waals surface area contributed by atoms with Crippen LogP contribution < -0.4 is 11.3 Å². The van der Waals surface area contributed by atoms with Crippen LogP contribution in [0.2, 0.25) is 0 Å². The molecule has 0 amide bonds. The first-order chi connectivity index (χ1) is 5.16. The third-order valence-corrected chi connectivity index (χ3v) is 1.45. The van der Waals surface area contributed by atoms with Gasteiger partial charge in [-0.15, -0.1) is 0 Å². The first-order valence-electron chi connectivity index (χ1n) is 3.14. The van der Waals surface area contributed by atoms with Gasteiger partial charge < -0.3 is 5.73 Å². The summed E-state index contributed by atoms with van der Waals surface area (Å²) in [6.07, 6.45) is 1.52. The summed E-state index contributed by atoms with van der Waals surface area (Å²) in [5.74, 6) is 0. The van der Waals surface area contributed by atoms with Gasteiger partial charge in [0.05, 0.1) is 5.69 Å². The van der Waals surface area contributed by atoms with Gasteiger partial charge in [-0.3, -0.25) is 4.79 Å². The van der Waals surface area contributed by atoms with E-state index in [4.69, 9.17) is 5.73 Å². The molecule has 1 aromatic rings. The van der Waals surface area contributed by atoms with Gasteiger partial charge in [0, 0.05) is 5.56 Å². The summed E-state index contributed by atoms with van der Waals surface area (Å²) in [7, 11) is 0. The summed E-state index contributed by atoms with van der Waals surface area (Å²) in [5.41, 5.74) is 6.53. The van der Waals surface area contributed by atoms with Crippen molar-refractivity contribution in [2.75, 3.05) is 5.73 Å². The Morgan fingerprint density at radius 3 is 2.82 bits per heavy atom. The van der Waals surface area contributed by atoms with Gasteiger partial charge in [0.25, 0.3) is 5.56 Å². The second-order valence-corrected chi connectivity index (χ2v) is 2.17. The predicted octanol–water partition coefficient (Wildman–Crippen LogP) is 0.304. The fourth-order valence-electron chi connectivity index (χ4n) is 0.830. The van der Waals surface area contributed by atoms with Gasteiger partial charge in [0.2, 0.25) is 0 Å². The highest BCUT2D eigenvalue weighted by molar-refractivity contribution is 5.63. The average molecular weight is 151 g/mol. The van der Waals surface area contributed by atoms with E-state index in [1.807, 2.05) is 0 Å². The van der Waals surface area contributed by atoms with Crippen molar-refractivity contribution in [1.29, 1.82) is 0 Å². The van der Waals surface area contributed by atoms with E-state index in [9.17, 15) is 4.79 Å². The van der Waals surface area contributed by atoms with Gasteiger partial charge in [-0.1, -0.05) is 12.7 Å². The van der Waals surface area contributed by atoms with Crippen LogP contribution in [0.1, 0.15) is 11.3 Å². The van der Waals surface area contributed by atoms with Crippen LogP contribution in [0.25, 0.3) is 6.08 Å². The minimum Gasteiger partial charge on any atom is -0.394 e. The number of H-pyrrole nitrogens is 1. The molecule has 3 N–H and O–H groups in total. The highest BCUT2D eigenvalue weighted by Crippen LogP contribution is 2.08. The Morgan fingerprint density at radius 1 is 1.73 bits per heavy atom. The van der Waals surface area contributed by atoms with Crippen LogP contribution in [0.4, 0.5) is 5.69 Å². The van der Waals surface area contributed by atoms with Crippen LogP contribution in [0.5, 0.6) is 0 Å². The van der Waals surface area contributed by atoms with Gasteiger partial charge >= 0.3 is 0 Å². The summed E-state index contributed by atoms with van der Waals surface area (Å²) >= 11 is 0. The molecule has 1 rings (SSSR count). The SMILES string of the molecule is C=Cc1c(C)n[nH]c(=O)c1N. The maximum Gasteiger partial charge on any atom is 0.287 e. The molecule has 0 radical (unpaired) electrons. The number of aromatic nitrogens is 2. The van der Waals surface area contributed by atoms with E-state index in [0.717, 1.165) is 0 Å². The molecule has 1 heterocycles. The van der Waals surface area contributed by atoms with Crippen LogP contribution in [0.3, 0.4) is 0 Å². The molecule has 0 saturated heterocycles. The number of rotatable bonds is 1. The number of aromatic amines is 1. The molecule has 58 valence electrons. The minimum absolute atomic E-state index is 0.174. The van der Waals surface area contributed by atoms with Crippen LogP contribution in [-0.4, -0.2) is 10.2 Å². The second kappa shape index (κ2) is 2.57. The summed E-state index contributed by atoms with van der Waals surface area (Å²) < 4.78 is 0. The van der Waals surface area contributed by atoms with Gasteiger partial charge in [0.15, 0.2) is 0 Å². The maximum atomic E-state index is 10.9. The van der Waals surface area contributed by atoms with Crippen LogP contribution in [0, 0.1) is 6.92 Å². The number of nitrogens with one attached hydrogen (secondary N) is 1. The van der Waals surface area contributed by atoms with Gasteiger partial charge in [-0.2, -0.15) is 5.10 Å². The minimum atomic E-state index is -0.370. The molecule has 0 fully saturated rings. The van der Waals surface area contributed by atoms with E-state index in [-0.39, 0.29) is 11.2 Å². The number of hydrogen-bond donors (Lipinski definition) is 2. The maximum absolute atomic E-state index is 10.9. The normalized spacial score (nSPS) is 9.55. The molecule has 4 heteroatoms. The summed E-state index contributed by atoms with van der Waals surface area (Å²) in [6, 6.07) is 0. The smallest absolute Gasteiger partial charge is 0.287 e. The first-order valence-corrected chi connectivity index (χ1v) is 3.14. The van der Waals surface area contributed by atoms with Crippen LogP contribution in [0.15, 0.2) is 11.4 Å². The number of anilines is 1. The van der Waals surface area contributed by atoms with Crippen molar-refractivity contribution in [1.82, 2.24) is 10.2 Å². The molecule has 0 spiro atoms. The van der Waals surface area contributed by atoms with Crippen molar-refractivity contribution < 1.29 is 0 Å². The molecule has 0 aliphatic heterocycles. The van der Waals surface area contributed by atoms with E-state index in [1.54, 1.807) is 6.92 Å². The highest BCUT2D eigenvalue weighted by Gasteiger charge is 2.03. The van der Waals surface area contributed by atoms with E-state index in [1.165, 1.54) is 6.08 Å². The Morgan fingerprint density at radius 2 is 2.36 bits per heavy atom. The third kappa shape index (κ3) is 1.14. The fourth-order valence-corrected chi connectivity index (χ4v) is 0.830. The Bertz CT molecular complexity index is 340. The molecule has 0 saturated carbocycles. The van der Waals surface area contributed by atoms with Crippen molar-refractivity contribution in [2.45, 2.75) is 6.92 Å². The van der Waals surface area contributed by atoms with Crippen molar-refractivity contribution in [3.05, 3.63) is 28.2 Å². The molecule has 4 nitrogen and oxygen atoms in total. The number of nitrogens with zero attached hydrogens (tertiary/aromatic N) is 1. The lowest BCUT2D eigenvalue weighted by Gasteiger charge is -1.99. The van der Waals surface area contributed by atoms with Crippen molar-refractivity contribution >= 4 is 11.8 Å². The largest absolute Gasteiger partial charge is 0.394 e. The van der Waals surface area contributed by atoms with Gasteiger partial charge in [-0.05, 0) is 6.92 Å².